The highest BCUT2D eigenvalue weighted by atomic mass is 16.6. The van der Waals surface area contributed by atoms with Gasteiger partial charge < -0.3 is 18.9 Å². The van der Waals surface area contributed by atoms with Gasteiger partial charge >= 0.3 is 11.9 Å². The molecule has 8 nitrogen and oxygen atoms in total. The molecule has 0 aliphatic carbocycles. The van der Waals surface area contributed by atoms with Crippen molar-refractivity contribution < 1.29 is 28.5 Å². The predicted molar refractivity (Wildman–Crippen MR) is 118 cm³/mol. The summed E-state index contributed by atoms with van der Waals surface area (Å²) in [6.45, 7) is 5.36. The molecule has 0 aliphatic rings. The average molecular weight is 438 g/mol. The summed E-state index contributed by atoms with van der Waals surface area (Å²) >= 11 is 0. The van der Waals surface area contributed by atoms with Crippen molar-refractivity contribution in [3.05, 3.63) is 53.6 Å². The second-order valence-corrected chi connectivity index (χ2v) is 7.70. The standard InChI is InChI=1S/C24H26N2O6/c1-24(2,3)32-22(27)17(13-25)14-26-19-12-21(31-15-16-9-7-6-8-10-16)20(29-4)11-18(19)23(28)30-5/h6-12,14,17H,15H2,1-5H3. The lowest BCUT2D eigenvalue weighted by atomic mass is 10.1. The SMILES string of the molecule is COC(=O)c1cc(OC)c(OCc2ccccc2)cc1N=CC(C#N)C(=O)OC(C)(C)C. The summed E-state index contributed by atoms with van der Waals surface area (Å²) in [6, 6.07) is 14.3. The van der Waals surface area contributed by atoms with Gasteiger partial charge in [-0.25, -0.2) is 4.79 Å². The highest BCUT2D eigenvalue weighted by Crippen LogP contribution is 2.36. The quantitative estimate of drug-likeness (QED) is 0.448. The Morgan fingerprint density at radius 2 is 1.81 bits per heavy atom. The van der Waals surface area contributed by atoms with E-state index < -0.39 is 23.5 Å². The summed E-state index contributed by atoms with van der Waals surface area (Å²) in [5, 5.41) is 9.36. The molecular weight excluding hydrogens is 412 g/mol. The van der Waals surface area contributed by atoms with Crippen LogP contribution in [0.4, 0.5) is 5.69 Å². The number of nitrogens with zero attached hydrogens (tertiary/aromatic N) is 2. The second kappa shape index (κ2) is 11.0. The van der Waals surface area contributed by atoms with Crippen LogP contribution in [0.15, 0.2) is 47.5 Å². The maximum Gasteiger partial charge on any atom is 0.340 e. The Hall–Kier alpha value is -3.86. The number of rotatable bonds is 8. The van der Waals surface area contributed by atoms with Gasteiger partial charge in [0.05, 0.1) is 31.5 Å². The molecule has 0 bridgehead atoms. The molecule has 8 heteroatoms. The third kappa shape index (κ3) is 6.84. The number of ether oxygens (including phenoxy) is 4. The number of benzene rings is 2. The first kappa shape index (κ1) is 24.4. The molecule has 2 aromatic rings. The van der Waals surface area contributed by atoms with Gasteiger partial charge in [-0.3, -0.25) is 9.79 Å². The number of carbonyl (C=O) groups excluding carboxylic acids is 2. The van der Waals surface area contributed by atoms with E-state index in [0.29, 0.717) is 11.5 Å². The number of hydrogen-bond acceptors (Lipinski definition) is 8. The van der Waals surface area contributed by atoms with Crippen LogP contribution in [-0.2, 0) is 20.9 Å². The van der Waals surface area contributed by atoms with E-state index in [1.807, 2.05) is 36.4 Å². The van der Waals surface area contributed by atoms with Gasteiger partial charge in [0.25, 0.3) is 0 Å². The number of methoxy groups -OCH3 is 2. The van der Waals surface area contributed by atoms with Crippen LogP contribution in [0.25, 0.3) is 0 Å². The Bertz CT molecular complexity index is 1020. The van der Waals surface area contributed by atoms with Gasteiger partial charge in [0.15, 0.2) is 17.4 Å². The van der Waals surface area contributed by atoms with Gasteiger partial charge in [-0.15, -0.1) is 0 Å². The first-order valence-corrected chi connectivity index (χ1v) is 9.82. The first-order valence-electron chi connectivity index (χ1n) is 9.82. The average Bonchev–Trinajstić information content (AvgIpc) is 2.76. The Morgan fingerprint density at radius 3 is 2.38 bits per heavy atom. The van der Waals surface area contributed by atoms with Crippen LogP contribution in [0.2, 0.25) is 0 Å². The van der Waals surface area contributed by atoms with Gasteiger partial charge in [0.2, 0.25) is 0 Å². The van der Waals surface area contributed by atoms with Crippen molar-refractivity contribution in [1.82, 2.24) is 0 Å². The zero-order chi connectivity index (χ0) is 23.7. The molecule has 0 saturated heterocycles. The van der Waals surface area contributed by atoms with Crippen molar-refractivity contribution in [1.29, 1.82) is 5.26 Å². The van der Waals surface area contributed by atoms with Crippen LogP contribution in [0, 0.1) is 17.2 Å². The number of hydrogen-bond donors (Lipinski definition) is 0. The molecule has 0 aliphatic heterocycles. The largest absolute Gasteiger partial charge is 0.493 e. The highest BCUT2D eigenvalue weighted by Gasteiger charge is 2.24. The fourth-order valence-corrected chi connectivity index (χ4v) is 2.60. The third-order valence-electron chi connectivity index (χ3n) is 4.09. The molecule has 0 saturated carbocycles. The number of aliphatic imine (C=N–C) groups is 1. The Balaban J connectivity index is 2.39. The Labute approximate surface area is 187 Å². The van der Waals surface area contributed by atoms with Gasteiger partial charge in [-0.1, -0.05) is 30.3 Å². The molecule has 0 spiro atoms. The zero-order valence-corrected chi connectivity index (χ0v) is 18.7. The minimum absolute atomic E-state index is 0.0912. The fourth-order valence-electron chi connectivity index (χ4n) is 2.60. The van der Waals surface area contributed by atoms with Crippen molar-refractivity contribution in [3.8, 4) is 17.6 Å². The van der Waals surface area contributed by atoms with E-state index >= 15 is 0 Å². The molecular formula is C24H26N2O6. The summed E-state index contributed by atoms with van der Waals surface area (Å²) in [7, 11) is 2.68. The maximum atomic E-state index is 12.3. The Morgan fingerprint density at radius 1 is 1.12 bits per heavy atom. The molecule has 0 fully saturated rings. The van der Waals surface area contributed by atoms with Crippen LogP contribution in [-0.4, -0.2) is 38.0 Å². The van der Waals surface area contributed by atoms with E-state index in [0.717, 1.165) is 11.8 Å². The van der Waals surface area contributed by atoms with Crippen LogP contribution in [0.3, 0.4) is 0 Å². The monoisotopic (exact) mass is 438 g/mol. The zero-order valence-electron chi connectivity index (χ0n) is 18.7. The molecule has 1 atom stereocenters. The van der Waals surface area contributed by atoms with Crippen molar-refractivity contribution in [3.63, 3.8) is 0 Å². The molecule has 2 aromatic carbocycles. The topological polar surface area (TPSA) is 107 Å². The van der Waals surface area contributed by atoms with Gasteiger partial charge in [-0.05, 0) is 26.3 Å². The minimum atomic E-state index is -1.25. The maximum absolute atomic E-state index is 12.3. The van der Waals surface area contributed by atoms with Crippen molar-refractivity contribution in [2.45, 2.75) is 33.0 Å². The van der Waals surface area contributed by atoms with Crippen LogP contribution < -0.4 is 9.47 Å². The molecule has 1 unspecified atom stereocenters. The molecule has 0 radical (unpaired) electrons. The second-order valence-electron chi connectivity index (χ2n) is 7.70. The minimum Gasteiger partial charge on any atom is -0.493 e. The van der Waals surface area contributed by atoms with E-state index in [9.17, 15) is 14.9 Å². The smallest absolute Gasteiger partial charge is 0.340 e. The molecule has 168 valence electrons. The predicted octanol–water partition coefficient (Wildman–Crippen LogP) is 4.24. The fraction of sp³-hybridized carbons (Fsp3) is 0.333. The lowest BCUT2D eigenvalue weighted by Crippen LogP contribution is -2.28. The van der Waals surface area contributed by atoms with Gasteiger partial charge in [-0.2, -0.15) is 5.26 Å². The van der Waals surface area contributed by atoms with Crippen LogP contribution >= 0.6 is 0 Å². The first-order chi connectivity index (χ1) is 15.2. The molecule has 0 N–H and O–H groups in total. The van der Waals surface area contributed by atoms with E-state index in [2.05, 4.69) is 4.99 Å². The van der Waals surface area contributed by atoms with E-state index in [4.69, 9.17) is 18.9 Å². The Kier molecular flexibility index (Phi) is 8.36. The van der Waals surface area contributed by atoms with Crippen molar-refractivity contribution in [2.24, 2.45) is 10.9 Å². The van der Waals surface area contributed by atoms with E-state index in [1.54, 1.807) is 20.8 Å². The molecule has 0 amide bonds. The van der Waals surface area contributed by atoms with Crippen molar-refractivity contribution >= 4 is 23.8 Å². The summed E-state index contributed by atoms with van der Waals surface area (Å²) in [6.07, 6.45) is 1.13. The van der Waals surface area contributed by atoms with Crippen LogP contribution in [0.5, 0.6) is 11.5 Å². The highest BCUT2D eigenvalue weighted by molar-refractivity contribution is 5.98. The molecule has 0 heterocycles. The molecule has 32 heavy (non-hydrogen) atoms. The van der Waals surface area contributed by atoms with Gasteiger partial charge in [0, 0.05) is 18.3 Å². The molecule has 0 aromatic heterocycles. The molecule has 2 rings (SSSR count). The summed E-state index contributed by atoms with van der Waals surface area (Å²) in [5.74, 6) is -2.00. The van der Waals surface area contributed by atoms with E-state index in [1.165, 1.54) is 26.4 Å². The number of esters is 2. The number of carbonyl (C=O) groups is 2. The summed E-state index contributed by atoms with van der Waals surface area (Å²) in [5.41, 5.74) is 0.430. The van der Waals surface area contributed by atoms with Crippen LogP contribution in [0.1, 0.15) is 36.7 Å². The third-order valence-corrected chi connectivity index (χ3v) is 4.09. The normalized spacial score (nSPS) is 12.0. The summed E-state index contributed by atoms with van der Waals surface area (Å²) < 4.78 is 21.3. The lowest BCUT2D eigenvalue weighted by Gasteiger charge is -2.20. The van der Waals surface area contributed by atoms with Crippen molar-refractivity contribution in [2.75, 3.05) is 14.2 Å². The van der Waals surface area contributed by atoms with Gasteiger partial charge in [0.1, 0.15) is 12.2 Å². The lowest BCUT2D eigenvalue weighted by molar-refractivity contribution is -0.155. The van der Waals surface area contributed by atoms with E-state index in [-0.39, 0.29) is 17.9 Å². The number of nitriles is 1. The summed E-state index contributed by atoms with van der Waals surface area (Å²) in [4.78, 5) is 28.7.